The fraction of sp³-hybridized carbons (Fsp3) is 0.263. The SMILES string of the molecule is CC(C)CCOc1ccc(NC(=S)NC(=O)c2ccccc2Cl)cc1. The molecule has 0 aromatic heterocycles. The van der Waals surface area contributed by atoms with Gasteiger partial charge in [-0.3, -0.25) is 10.1 Å². The Morgan fingerprint density at radius 3 is 2.48 bits per heavy atom. The second-order valence-corrected chi connectivity index (χ2v) is 6.76. The molecule has 4 nitrogen and oxygen atoms in total. The Morgan fingerprint density at radius 1 is 1.16 bits per heavy atom. The first-order valence-corrected chi connectivity index (χ1v) is 8.84. The molecule has 25 heavy (non-hydrogen) atoms. The molecule has 0 aliphatic heterocycles. The van der Waals surface area contributed by atoms with Crippen LogP contribution in [-0.2, 0) is 0 Å². The Hall–Kier alpha value is -2.11. The van der Waals surface area contributed by atoms with Gasteiger partial charge in [-0.05, 0) is 61.0 Å². The summed E-state index contributed by atoms with van der Waals surface area (Å²) in [4.78, 5) is 12.2. The molecule has 2 aromatic carbocycles. The second-order valence-electron chi connectivity index (χ2n) is 5.94. The van der Waals surface area contributed by atoms with E-state index in [4.69, 9.17) is 28.6 Å². The van der Waals surface area contributed by atoms with Crippen molar-refractivity contribution in [1.29, 1.82) is 0 Å². The first-order chi connectivity index (χ1) is 12.0. The van der Waals surface area contributed by atoms with Gasteiger partial charge in [-0.25, -0.2) is 0 Å². The van der Waals surface area contributed by atoms with E-state index in [2.05, 4.69) is 24.5 Å². The summed E-state index contributed by atoms with van der Waals surface area (Å²) in [7, 11) is 0. The molecule has 0 aliphatic rings. The number of carbonyl (C=O) groups excluding carboxylic acids is 1. The van der Waals surface area contributed by atoms with Crippen LogP contribution in [0.5, 0.6) is 5.75 Å². The molecule has 0 saturated carbocycles. The van der Waals surface area contributed by atoms with Crippen LogP contribution in [0.2, 0.25) is 5.02 Å². The van der Waals surface area contributed by atoms with Crippen LogP contribution in [0.25, 0.3) is 0 Å². The maximum atomic E-state index is 12.2. The Morgan fingerprint density at radius 2 is 1.84 bits per heavy atom. The average Bonchev–Trinajstić information content (AvgIpc) is 2.56. The molecule has 2 aromatic rings. The van der Waals surface area contributed by atoms with E-state index in [1.54, 1.807) is 24.3 Å². The number of ether oxygens (including phenoxy) is 1. The minimum absolute atomic E-state index is 0.207. The van der Waals surface area contributed by atoms with E-state index in [0.717, 1.165) is 17.9 Å². The van der Waals surface area contributed by atoms with Crippen molar-refractivity contribution in [2.75, 3.05) is 11.9 Å². The van der Waals surface area contributed by atoms with Crippen molar-refractivity contribution in [2.45, 2.75) is 20.3 Å². The number of rotatable bonds is 6. The topological polar surface area (TPSA) is 50.4 Å². The Balaban J connectivity index is 1.86. The van der Waals surface area contributed by atoms with Gasteiger partial charge in [0.15, 0.2) is 5.11 Å². The zero-order valence-corrected chi connectivity index (χ0v) is 15.8. The quantitative estimate of drug-likeness (QED) is 0.704. The molecule has 0 spiro atoms. The van der Waals surface area contributed by atoms with Gasteiger partial charge in [-0.1, -0.05) is 37.6 Å². The van der Waals surface area contributed by atoms with Crippen molar-refractivity contribution < 1.29 is 9.53 Å². The van der Waals surface area contributed by atoms with Crippen molar-refractivity contribution in [1.82, 2.24) is 5.32 Å². The van der Waals surface area contributed by atoms with Crippen molar-refractivity contribution >= 4 is 40.5 Å². The number of nitrogens with one attached hydrogen (secondary N) is 2. The number of anilines is 1. The molecule has 0 atom stereocenters. The predicted molar refractivity (Wildman–Crippen MR) is 107 cm³/mol. The third kappa shape index (κ3) is 6.36. The number of carbonyl (C=O) groups is 1. The number of amides is 1. The number of halogens is 1. The minimum atomic E-state index is -0.350. The van der Waals surface area contributed by atoms with Gasteiger partial charge < -0.3 is 10.1 Å². The lowest BCUT2D eigenvalue weighted by molar-refractivity contribution is 0.0978. The highest BCUT2D eigenvalue weighted by atomic mass is 35.5. The van der Waals surface area contributed by atoms with Crippen molar-refractivity contribution in [3.05, 3.63) is 59.1 Å². The van der Waals surface area contributed by atoms with Crippen molar-refractivity contribution in [2.24, 2.45) is 5.92 Å². The molecule has 0 unspecified atom stereocenters. The highest BCUT2D eigenvalue weighted by molar-refractivity contribution is 7.80. The van der Waals surface area contributed by atoms with Crippen LogP contribution in [0.1, 0.15) is 30.6 Å². The summed E-state index contributed by atoms with van der Waals surface area (Å²) in [6.45, 7) is 5.01. The molecule has 1 amide bonds. The molecule has 0 bridgehead atoms. The van der Waals surface area contributed by atoms with Crippen molar-refractivity contribution in [3.8, 4) is 5.75 Å². The molecule has 132 valence electrons. The average molecular weight is 377 g/mol. The molecule has 0 radical (unpaired) electrons. The molecule has 0 fully saturated rings. The molecule has 0 aliphatic carbocycles. The molecular weight excluding hydrogens is 356 g/mol. The lowest BCUT2D eigenvalue weighted by Crippen LogP contribution is -2.34. The molecule has 2 rings (SSSR count). The summed E-state index contributed by atoms with van der Waals surface area (Å²) < 4.78 is 5.67. The Kier molecular flexibility index (Phi) is 7.22. The van der Waals surface area contributed by atoms with Crippen LogP contribution < -0.4 is 15.4 Å². The van der Waals surface area contributed by atoms with Gasteiger partial charge in [-0.2, -0.15) is 0 Å². The first-order valence-electron chi connectivity index (χ1n) is 8.05. The maximum Gasteiger partial charge on any atom is 0.258 e. The van der Waals surface area contributed by atoms with E-state index in [0.29, 0.717) is 23.1 Å². The summed E-state index contributed by atoms with van der Waals surface area (Å²) in [5.74, 6) is 1.06. The van der Waals surface area contributed by atoms with Gasteiger partial charge in [0.05, 0.1) is 17.2 Å². The molecule has 0 saturated heterocycles. The van der Waals surface area contributed by atoms with Crippen LogP contribution in [0.15, 0.2) is 48.5 Å². The van der Waals surface area contributed by atoms with Crippen LogP contribution in [0.4, 0.5) is 5.69 Å². The number of benzene rings is 2. The number of hydrogen-bond donors (Lipinski definition) is 2. The molecule has 6 heteroatoms. The first kappa shape index (κ1) is 19.2. The third-order valence-electron chi connectivity index (χ3n) is 3.42. The second kappa shape index (κ2) is 9.39. The predicted octanol–water partition coefficient (Wildman–Crippen LogP) is 4.89. The van der Waals surface area contributed by atoms with Gasteiger partial charge in [0.1, 0.15) is 5.75 Å². The minimum Gasteiger partial charge on any atom is -0.494 e. The van der Waals surface area contributed by atoms with Crippen molar-refractivity contribution in [3.63, 3.8) is 0 Å². The van der Waals surface area contributed by atoms with Gasteiger partial charge in [-0.15, -0.1) is 0 Å². The Labute approximate surface area is 158 Å². The highest BCUT2D eigenvalue weighted by Crippen LogP contribution is 2.17. The third-order valence-corrected chi connectivity index (χ3v) is 3.96. The van der Waals surface area contributed by atoms with Crippen LogP contribution in [0, 0.1) is 5.92 Å². The van der Waals surface area contributed by atoms with Gasteiger partial charge >= 0.3 is 0 Å². The number of thiocarbonyl (C=S) groups is 1. The number of hydrogen-bond acceptors (Lipinski definition) is 3. The van der Waals surface area contributed by atoms with E-state index in [9.17, 15) is 4.79 Å². The summed E-state index contributed by atoms with van der Waals surface area (Å²) in [6, 6.07) is 14.2. The zero-order chi connectivity index (χ0) is 18.2. The van der Waals surface area contributed by atoms with Crippen LogP contribution >= 0.6 is 23.8 Å². The fourth-order valence-electron chi connectivity index (χ4n) is 2.03. The standard InChI is InChI=1S/C19H21ClN2O2S/c1-13(2)11-12-24-15-9-7-14(8-10-15)21-19(25)22-18(23)16-5-3-4-6-17(16)20/h3-10,13H,11-12H2,1-2H3,(H2,21,22,23,25). The Bertz CT molecular complexity index is 732. The van der Waals surface area contributed by atoms with Gasteiger partial charge in [0.2, 0.25) is 0 Å². The molecule has 0 heterocycles. The monoisotopic (exact) mass is 376 g/mol. The van der Waals surface area contributed by atoms with Gasteiger partial charge in [0, 0.05) is 5.69 Å². The van der Waals surface area contributed by atoms with Crippen LogP contribution in [-0.4, -0.2) is 17.6 Å². The molecule has 2 N–H and O–H groups in total. The largest absolute Gasteiger partial charge is 0.494 e. The van der Waals surface area contributed by atoms with E-state index < -0.39 is 0 Å². The fourth-order valence-corrected chi connectivity index (χ4v) is 2.46. The maximum absolute atomic E-state index is 12.2. The van der Waals surface area contributed by atoms with E-state index in [1.165, 1.54) is 0 Å². The summed E-state index contributed by atoms with van der Waals surface area (Å²) in [5, 5.41) is 6.16. The lowest BCUT2D eigenvalue weighted by Gasteiger charge is -2.11. The van der Waals surface area contributed by atoms with E-state index in [1.807, 2.05) is 24.3 Å². The van der Waals surface area contributed by atoms with E-state index in [-0.39, 0.29) is 11.0 Å². The lowest BCUT2D eigenvalue weighted by atomic mass is 10.1. The van der Waals surface area contributed by atoms with E-state index >= 15 is 0 Å². The zero-order valence-electron chi connectivity index (χ0n) is 14.2. The van der Waals surface area contributed by atoms with Crippen LogP contribution in [0.3, 0.4) is 0 Å². The highest BCUT2D eigenvalue weighted by Gasteiger charge is 2.11. The van der Waals surface area contributed by atoms with Gasteiger partial charge in [0.25, 0.3) is 5.91 Å². The summed E-state index contributed by atoms with van der Waals surface area (Å²) >= 11 is 11.2. The normalized spacial score (nSPS) is 10.4. The molecular formula is C19H21ClN2O2S. The summed E-state index contributed by atoms with van der Waals surface area (Å²) in [5.41, 5.74) is 1.14. The summed E-state index contributed by atoms with van der Waals surface area (Å²) in [6.07, 6.45) is 1.01. The smallest absolute Gasteiger partial charge is 0.258 e.